The summed E-state index contributed by atoms with van der Waals surface area (Å²) in [6.07, 6.45) is 0.936. The van der Waals surface area contributed by atoms with Crippen LogP contribution in [0.1, 0.15) is 250 Å². The Hall–Kier alpha value is -11.6. The number of hydrogen-bond donors (Lipinski definition) is 0. The summed E-state index contributed by atoms with van der Waals surface area (Å²) < 4.78 is 96.6. The second-order valence-corrected chi connectivity index (χ2v) is 37.3. The summed E-state index contributed by atoms with van der Waals surface area (Å²) in [6.45, 7) is 44.3. The number of benzene rings is 8. The van der Waals surface area contributed by atoms with Crippen LogP contribution in [-0.4, -0.2) is 34.9 Å². The van der Waals surface area contributed by atoms with E-state index in [4.69, 9.17) is 35.8 Å². The molecule has 0 amide bonds. The number of nitrogens with zero attached hydrogens (tertiary/aromatic N) is 7. The van der Waals surface area contributed by atoms with Gasteiger partial charge in [-0.1, -0.05) is 385 Å². The summed E-state index contributed by atoms with van der Waals surface area (Å²) in [4.78, 5) is 31.1. The molecule has 0 saturated heterocycles. The van der Waals surface area contributed by atoms with E-state index < -0.39 is 32.8 Å². The van der Waals surface area contributed by atoms with Gasteiger partial charge in [-0.2, -0.15) is 0 Å². The third-order valence-electron chi connectivity index (χ3n) is 20.2. The molecule has 121 heavy (non-hydrogen) atoms. The molecule has 0 bridgehead atoms. The van der Waals surface area contributed by atoms with E-state index >= 15 is 0 Å². The van der Waals surface area contributed by atoms with Crippen molar-refractivity contribution >= 4 is 21.9 Å². The quantitative estimate of drug-likeness (QED) is 0.141. The molecular formula is C113H133N7O. The zero-order valence-corrected chi connectivity index (χ0v) is 75.8. The third kappa shape index (κ3) is 26.7. The fourth-order valence-corrected chi connectivity index (χ4v) is 13.5. The lowest BCUT2D eigenvalue weighted by molar-refractivity contribution is 0.547. The van der Waals surface area contributed by atoms with Crippen molar-refractivity contribution in [3.05, 3.63) is 365 Å². The molecule has 626 valence electrons. The third-order valence-corrected chi connectivity index (χ3v) is 20.2. The number of furan rings is 1. The molecule has 0 aliphatic rings. The normalized spacial score (nSPS) is 13.7. The van der Waals surface area contributed by atoms with Crippen LogP contribution in [0.5, 0.6) is 0 Å². The lowest BCUT2D eigenvalue weighted by Gasteiger charge is -2.26. The van der Waals surface area contributed by atoms with Crippen molar-refractivity contribution in [2.24, 2.45) is 0 Å². The minimum atomic E-state index is -2.32. The average Bonchev–Trinajstić information content (AvgIpc) is 1.15. The molecule has 8 heteroatoms. The van der Waals surface area contributed by atoms with Crippen molar-refractivity contribution in [1.29, 1.82) is 0 Å². The van der Waals surface area contributed by atoms with Gasteiger partial charge in [-0.25, -0.2) is 15.0 Å². The van der Waals surface area contributed by atoms with E-state index in [0.29, 0.717) is 5.69 Å². The number of pyridine rings is 5. The first-order valence-corrected chi connectivity index (χ1v) is 41.8. The van der Waals surface area contributed by atoms with Crippen molar-refractivity contribution in [3.63, 3.8) is 0 Å². The van der Waals surface area contributed by atoms with Crippen LogP contribution < -0.4 is 0 Å². The standard InChI is InChI=1S/2C21H21N.C20H20N2.C16H16O.2C12H19N.C11H17N/c1-21(2,3)20-18(16-10-6-4-7-11-16)14-22-15-19(20)17-12-8-5-9-13-17;1-21(2,3)18-14-19(16-10-6-4-7-11-16)22-20(15-18)17-12-8-5-9-13-17;1-20(2,3)19-21-17(15-10-6-4-7-11-15)14-18(22-19)16-12-8-5-9-13-16;1-16(2,3)11-8-9-15-13(10-11)12-6-4-5-7-14(12)17-15;1-6-11-8-10(12(3,4)5)7-9(2)13-11;1-6-11-10(12(3,4)5)8-7-9(2)13-11;1-5-10-9(11(2,3)4)7-6-8-12-10/h2*4-15H,1-3H3;4-14H,1-3H3;4-10H,1-3H3;2*7-8H,6H2,1-5H3;6-8H,5H2,1-4H3/i;;;;2*2D3,6D2;5D2. The molecule has 0 atom stereocenters. The Kier molecular flexibility index (Phi) is 26.1. The predicted octanol–water partition coefficient (Wildman–Crippen LogP) is 30.9. The van der Waals surface area contributed by atoms with Crippen molar-refractivity contribution < 1.29 is 20.9 Å². The molecular weight excluding hydrogens is 1470 g/mol. The molecule has 0 aliphatic carbocycles. The van der Waals surface area contributed by atoms with Crippen LogP contribution in [0.4, 0.5) is 0 Å². The molecule has 0 aliphatic heterocycles. The number of fused-ring (bicyclic) bond motifs is 3. The lowest BCUT2D eigenvalue weighted by Crippen LogP contribution is -2.16. The highest BCUT2D eigenvalue weighted by molar-refractivity contribution is 6.05. The Balaban J connectivity index is 0.000000175. The van der Waals surface area contributed by atoms with Crippen molar-refractivity contribution in [2.75, 3.05) is 0 Å². The molecule has 7 heterocycles. The van der Waals surface area contributed by atoms with Crippen molar-refractivity contribution in [1.82, 2.24) is 34.9 Å². The van der Waals surface area contributed by atoms with Crippen LogP contribution in [0.3, 0.4) is 0 Å². The van der Waals surface area contributed by atoms with Crippen LogP contribution in [-0.2, 0) is 57.0 Å². The van der Waals surface area contributed by atoms with E-state index in [2.05, 4.69) is 306 Å². The Bertz CT molecular complexity index is 5870. The first-order valence-electron chi connectivity index (χ1n) is 47.8. The van der Waals surface area contributed by atoms with Crippen LogP contribution in [0.2, 0.25) is 0 Å². The number of para-hydroxylation sites is 1. The van der Waals surface area contributed by atoms with Crippen LogP contribution in [0.15, 0.2) is 302 Å². The number of aromatic nitrogens is 7. The average molecular weight is 1620 g/mol. The first kappa shape index (κ1) is 76.8. The van der Waals surface area contributed by atoms with E-state index in [1.807, 2.05) is 127 Å². The van der Waals surface area contributed by atoms with Crippen LogP contribution in [0.25, 0.3) is 89.2 Å². The minimum Gasteiger partial charge on any atom is -0.456 e. The van der Waals surface area contributed by atoms with Gasteiger partial charge in [0.2, 0.25) is 0 Å². The fourth-order valence-electron chi connectivity index (χ4n) is 13.5. The summed E-state index contributed by atoms with van der Waals surface area (Å²) >= 11 is 0. The molecule has 0 unspecified atom stereocenters. The summed E-state index contributed by atoms with van der Waals surface area (Å²) in [5.41, 5.74) is 22.3. The summed E-state index contributed by atoms with van der Waals surface area (Å²) in [6, 6.07) is 93.7. The molecule has 0 radical (unpaired) electrons. The zero-order chi connectivity index (χ0) is 98.5. The van der Waals surface area contributed by atoms with Gasteiger partial charge in [0.15, 0.2) is 0 Å². The highest BCUT2D eigenvalue weighted by atomic mass is 16.3. The van der Waals surface area contributed by atoms with Crippen molar-refractivity contribution in [2.45, 2.75) is 237 Å². The number of hydrogen-bond acceptors (Lipinski definition) is 8. The Morgan fingerprint density at radius 2 is 0.702 bits per heavy atom. The maximum Gasteiger partial charge on any atom is 0.135 e. The first-order chi connectivity index (χ1) is 61.6. The van der Waals surface area contributed by atoms with E-state index in [0.717, 1.165) is 78.7 Å². The molecule has 8 nitrogen and oxygen atoms in total. The van der Waals surface area contributed by atoms with Gasteiger partial charge in [0.25, 0.3) is 0 Å². The number of aryl methyl sites for hydroxylation is 5. The number of rotatable bonds is 9. The Labute approximate surface area is 743 Å². The lowest BCUT2D eigenvalue weighted by atomic mass is 9.78. The summed E-state index contributed by atoms with van der Waals surface area (Å²) in [7, 11) is 0. The Morgan fingerprint density at radius 3 is 1.10 bits per heavy atom. The summed E-state index contributed by atoms with van der Waals surface area (Å²) in [5.74, 6) is 0.868. The maximum absolute atomic E-state index is 7.82. The van der Waals surface area contributed by atoms with E-state index in [9.17, 15) is 0 Å². The molecule has 7 aromatic heterocycles. The maximum atomic E-state index is 7.82. The second kappa shape index (κ2) is 41.1. The van der Waals surface area contributed by atoms with Gasteiger partial charge in [-0.05, 0) is 170 Å². The van der Waals surface area contributed by atoms with Crippen LogP contribution in [0, 0.1) is 13.7 Å². The van der Waals surface area contributed by atoms with Crippen molar-refractivity contribution in [3.8, 4) is 67.3 Å². The smallest absolute Gasteiger partial charge is 0.135 e. The SMILES string of the molecule is CC(C)(C)c1c(-c2ccccc2)cncc1-c1ccccc1.CC(C)(C)c1cc(-c2ccccc2)nc(-c2ccccc2)c1.CC(C)(C)c1ccc2oc3ccccc3c2c1.CC(C)(C)c1nc(-c2ccccc2)cc(-c2ccccc2)n1.[2H]C([2H])(C)c1ncccc1C(C)(C)C.[2H]C([2H])([2H])c1cc(C(C)(C)C)cc(C([2H])([2H])C)n1.[2H]C([2H])([2H])c1ccc(C(C)(C)C)c(C([2H])([2H])C)n1. The topological polar surface area (TPSA) is 103 Å². The van der Waals surface area contributed by atoms with Gasteiger partial charge in [0.05, 0.1) is 22.8 Å². The molecule has 0 spiro atoms. The molecule has 0 N–H and O–H groups in total. The molecule has 15 aromatic rings. The predicted molar refractivity (Wildman–Crippen MR) is 518 cm³/mol. The highest BCUT2D eigenvalue weighted by Gasteiger charge is 2.26. The molecule has 0 saturated carbocycles. The van der Waals surface area contributed by atoms with Gasteiger partial charge in [-0.3, -0.25) is 19.9 Å². The van der Waals surface area contributed by atoms with E-state index in [1.54, 1.807) is 31.3 Å². The van der Waals surface area contributed by atoms with Gasteiger partial charge in [-0.15, -0.1) is 0 Å². The zero-order valence-electron chi connectivity index (χ0n) is 87.8. The molecule has 15 rings (SSSR count). The van der Waals surface area contributed by atoms with E-state index in [-0.39, 0.29) is 60.7 Å². The van der Waals surface area contributed by atoms with Gasteiger partial charge >= 0.3 is 0 Å². The van der Waals surface area contributed by atoms with E-state index in [1.165, 1.54) is 69.6 Å². The van der Waals surface area contributed by atoms with Gasteiger partial charge in [0, 0.05) is 113 Å². The summed E-state index contributed by atoms with van der Waals surface area (Å²) in [5, 5.41) is 2.42. The van der Waals surface area contributed by atoms with Gasteiger partial charge in [0.1, 0.15) is 17.0 Å². The minimum absolute atomic E-state index is 0.0410. The Morgan fingerprint density at radius 1 is 0.298 bits per heavy atom. The molecule has 0 fully saturated rings. The fraction of sp³-hybridized carbons (Fsp3) is 0.319. The molecule has 8 aromatic carbocycles. The van der Waals surface area contributed by atoms with Gasteiger partial charge < -0.3 is 4.42 Å². The largest absolute Gasteiger partial charge is 0.456 e. The van der Waals surface area contributed by atoms with Crippen LogP contribution >= 0.6 is 0 Å². The monoisotopic (exact) mass is 1620 g/mol. The highest BCUT2D eigenvalue weighted by Crippen LogP contribution is 2.41. The second-order valence-electron chi connectivity index (χ2n) is 37.3.